The number of nitrogens with one attached hydrogen (secondary N) is 3. The highest BCUT2D eigenvalue weighted by Gasteiger charge is 2.37. The minimum Gasteiger partial charge on any atom is -0.508 e. The molecule has 0 fully saturated rings. The number of nitro benzene ring substituents is 3. The molecule has 24 nitrogen and oxygen atoms in total. The summed E-state index contributed by atoms with van der Waals surface area (Å²) in [5, 5.41) is 82.3. The van der Waals surface area contributed by atoms with E-state index < -0.39 is 211 Å². The number of aromatic hydroxyl groups is 3. The molecule has 0 radical (unpaired) electrons. The molecule has 0 aliphatic carbocycles. The average Bonchev–Trinajstić information content (AvgIpc) is 0.693. The van der Waals surface area contributed by atoms with Crippen LogP contribution in [0.25, 0.3) is 21.8 Å². The normalized spacial score (nSPS) is 16.4. The number of anilines is 2. The van der Waals surface area contributed by atoms with Gasteiger partial charge in [0.15, 0.2) is 0 Å². The molecule has 0 bridgehead atoms. The third-order valence-electron chi connectivity index (χ3n) is 16.2. The number of ether oxygens (including phenoxy) is 2. The molecule has 2 heterocycles. The van der Waals surface area contributed by atoms with Gasteiger partial charge in [-0.3, -0.25) is 53.5 Å². The zero-order valence-corrected chi connectivity index (χ0v) is 68.7. The summed E-state index contributed by atoms with van der Waals surface area (Å²) < 4.78 is 338. The molecule has 0 atom stereocenters. The number of aryl methyl sites for hydroxylation is 2. The zero-order valence-electron chi connectivity index (χ0n) is 101. The first-order valence-electron chi connectivity index (χ1n) is 52.5. The molecule has 31 heteroatoms. The number of phenolic OH excluding ortho intramolecular Hbond substituents is 3. The van der Waals surface area contributed by atoms with Crippen molar-refractivity contribution in [3.8, 4) is 28.7 Å². The molecule has 10 N–H and O–H groups in total. The molecule has 0 aliphatic heterocycles. The van der Waals surface area contributed by atoms with Gasteiger partial charge >= 0.3 is 12.1 Å². The topological polar surface area (TPSA) is 387 Å². The molecule has 11 rings (SSSR count). The van der Waals surface area contributed by atoms with Crippen LogP contribution >= 0.6 is 31.9 Å². The highest BCUT2D eigenvalue weighted by molar-refractivity contribution is 9.11. The number of nitrogens with zero attached hydrogens (tertiary/aromatic N) is 3. The largest absolute Gasteiger partial charge is 0.508 e. The molecule has 11 aromatic rings. The number of nitrogens with two attached hydrogens (primary N) is 1. The molecule has 656 valence electrons. The fourth-order valence-corrected chi connectivity index (χ4v) is 11.3. The van der Waals surface area contributed by atoms with E-state index in [1.165, 1.54) is 49.5 Å². The van der Waals surface area contributed by atoms with Gasteiger partial charge in [-0.15, -0.1) is 0 Å². The lowest BCUT2D eigenvalue weighted by Gasteiger charge is -2.24. The first-order chi connectivity index (χ1) is 71.2. The van der Waals surface area contributed by atoms with E-state index in [1.54, 1.807) is 98.8 Å². The number of H-pyrrole nitrogens is 2. The number of hydrogen-bond acceptors (Lipinski definition) is 17. The minimum atomic E-state index is -5.40. The number of aromatic amines is 2. The number of benzene rings is 9. The quantitative estimate of drug-likeness (QED) is 0.0237. The van der Waals surface area contributed by atoms with Crippen LogP contribution < -0.4 is 31.4 Å². The van der Waals surface area contributed by atoms with Crippen LogP contribution in [0.2, 0.25) is 0 Å². The van der Waals surface area contributed by atoms with Gasteiger partial charge in [-0.05, 0) is 162 Å². The number of alkyl halides is 5. The van der Waals surface area contributed by atoms with Crippen molar-refractivity contribution in [3.63, 3.8) is 0 Å². The number of nitro groups is 3. The Bertz CT molecular complexity index is 6710. The Labute approximate surface area is 770 Å². The van der Waals surface area contributed by atoms with E-state index >= 15 is 0 Å². The minimum absolute atomic E-state index is 0.00609. The standard InChI is InChI=1S/C21H19F3N2O3.C18H21NO3.C17H18BrNO3.C11H17NO.C10H12BrNO3.C10H7NO3.C2H6O.2CH3F/c1-20(2,3)14-8-13(21(22,23)24)16(9-17(14)27)26-19(29)12-10-25-15-7-5-4-6-11(15)18(12)28;1-13-10-15(18(2,3)4)17(11-16(13)19(20)21)22-12-14-8-6-5-7-9-14;1-17(2,3)13-9-14(18)15(19(20)21)10-16(13)22-11-12-7-5-4-6-8-12;1-7-5-8(11(2,3)4)10(13)6-9(7)12;1-10(2,3)6-4-7(11)8(12(14)15)5-9(6)13;12-9-6-3-1-2-4-8(6)11-5-7(9)10(13)14;1-2-3;2*1-2/h4-10,27H,1-3H3,(H,25,28)(H,26,29);5-11H,12H2,1-4H3;4-10H,11H2,1-3H3;5-6,13H,12H2,1-4H3;4-5,13H,1-3H3;1-5H,(H,11,12)(H,13,14);3H,2H2,1H3;2*1H3/i1D3,2D3,3D3;2D3,3D3;1D3,2D3;2D3,3D3;1D3,2D3;;;2*1D. The Kier molecular flexibility index (Phi) is 22.5. The molecule has 2 aromatic heterocycles. The fourth-order valence-electron chi connectivity index (χ4n) is 10.3. The van der Waals surface area contributed by atoms with Gasteiger partial charge in [0, 0.05) is 126 Å². The number of halogens is 7. The van der Waals surface area contributed by atoms with Gasteiger partial charge < -0.3 is 56.0 Å². The van der Waals surface area contributed by atoms with Gasteiger partial charge in [-0.1, -0.05) is 188 Å². The number of hydrogen-bond donors (Lipinski definition) is 9. The van der Waals surface area contributed by atoms with Crippen LogP contribution in [0.4, 0.5) is 50.4 Å². The first kappa shape index (κ1) is 60.4. The Hall–Kier alpha value is -12.1. The lowest BCUT2D eigenvalue weighted by atomic mass is 9.85. The van der Waals surface area contributed by atoms with Crippen molar-refractivity contribution in [1.29, 1.82) is 0 Å². The van der Waals surface area contributed by atoms with Crippen LogP contribution in [-0.2, 0) is 46.5 Å². The number of para-hydroxylation sites is 2. The monoisotopic (exact) mass is 1860 g/mol. The number of phenols is 3. The number of aromatic nitrogens is 2. The number of carbonyl (C=O) groups is 2. The van der Waals surface area contributed by atoms with Crippen LogP contribution in [0, 0.1) is 44.2 Å². The molecular weight excluding hydrogens is 1720 g/mol. The smallest absolute Gasteiger partial charge is 0.418 e. The second-order valence-corrected chi connectivity index (χ2v) is 27.9. The number of rotatable bonds is 12. The van der Waals surface area contributed by atoms with Crippen molar-refractivity contribution in [2.75, 3.05) is 32.0 Å². The average molecular weight is 1860 g/mol. The number of fused-ring (bicyclic) bond motifs is 2. The summed E-state index contributed by atoms with van der Waals surface area (Å²) in [4.78, 5) is 84.4. The molecule has 0 saturated carbocycles. The number of nitrogen functional groups attached to an aromatic ring is 1. The maximum atomic E-state index is 14.1. The van der Waals surface area contributed by atoms with Crippen molar-refractivity contribution in [1.82, 2.24) is 9.97 Å². The molecule has 0 unspecified atom stereocenters. The number of carboxylic acids is 1. The van der Waals surface area contributed by atoms with E-state index in [4.69, 9.17) is 73.4 Å². The SMILES string of the molecule is CCO.O=C(O)c1c[nH]c2ccccc2c1=O.[2H]C([2H])([2H])C(C)(c1cc(Br)c([N+](=O)[O-])cc1O)C([2H])([2H])[2H].[2H]C([2H])([2H])C(C)(c1cc(Br)c([N+](=O)[O-])cc1OCc1ccccc1)C([2H])([2H])[2H].[2H]C([2H])([2H])C(C)(c1cc(C)c(N)cc1O)C([2H])([2H])[2H].[2H]C([2H])([2H])C(C)(c1cc(C)c([N+](=O)[O-])cc1OCc1ccccc1)C([2H])([2H])[2H].[2H]C([2H])([2H])C(c1cc(C(F)(F)F)c(NC(=O)c2c[nH]c3ccccc3c2=O)cc1O)(C([2H])([2H])[2H])C([2H])([2H])[2H].[2H]CF.[2H]CF. The van der Waals surface area contributed by atoms with Gasteiger partial charge in [-0.2, -0.15) is 13.2 Å². The van der Waals surface area contributed by atoms with Crippen LogP contribution in [-0.4, -0.2) is 83.1 Å². The van der Waals surface area contributed by atoms with E-state index in [1.807, 2.05) is 11.4 Å². The van der Waals surface area contributed by atoms with Crippen LogP contribution in [0.3, 0.4) is 0 Å². The Morgan fingerprint density at radius 3 is 1.27 bits per heavy atom. The molecule has 0 saturated heterocycles. The van der Waals surface area contributed by atoms with E-state index in [2.05, 4.69) is 41.8 Å². The number of aliphatic hydroxyl groups excluding tert-OH is 1. The van der Waals surface area contributed by atoms with Gasteiger partial charge in [0.05, 0.1) is 70.2 Å². The van der Waals surface area contributed by atoms with E-state index in [0.29, 0.717) is 22.0 Å². The van der Waals surface area contributed by atoms with Gasteiger partial charge in [0.2, 0.25) is 10.9 Å². The lowest BCUT2D eigenvalue weighted by molar-refractivity contribution is -0.385. The maximum Gasteiger partial charge on any atom is 0.418 e. The zero-order chi connectivity index (χ0) is 122. The summed E-state index contributed by atoms with van der Waals surface area (Å²) in [6.07, 6.45) is -3.23. The number of carbonyl (C=O) groups excluding carboxylic acids is 1. The molecule has 9 aromatic carbocycles. The number of aliphatic hydroxyl groups is 1. The van der Waals surface area contributed by atoms with E-state index in [0.717, 1.165) is 75.4 Å². The third kappa shape index (κ3) is 30.3. The number of pyridine rings is 2. The number of aromatic carboxylic acids is 1. The van der Waals surface area contributed by atoms with Gasteiger partial charge in [-0.25, -0.2) is 4.79 Å². The second-order valence-electron chi connectivity index (χ2n) is 26.2. The molecular formula is C91H106Br2F5N7O17. The van der Waals surface area contributed by atoms with Crippen molar-refractivity contribution in [2.45, 2.75) is 170 Å². The van der Waals surface area contributed by atoms with Gasteiger partial charge in [0.1, 0.15) is 53.1 Å². The third-order valence-corrected chi connectivity index (χ3v) is 17.4. The fraction of sp³-hybridized carbons (Fsp3) is 0.319. The van der Waals surface area contributed by atoms with E-state index in [9.17, 15) is 86.8 Å². The van der Waals surface area contributed by atoms with Gasteiger partial charge in [0.25, 0.3) is 23.0 Å². The summed E-state index contributed by atoms with van der Waals surface area (Å²) in [6.45, 7) is -25.7. The Morgan fingerprint density at radius 1 is 0.500 bits per heavy atom. The highest BCUT2D eigenvalue weighted by Crippen LogP contribution is 2.44. The summed E-state index contributed by atoms with van der Waals surface area (Å²) in [6, 6.07) is 39.4. The summed E-state index contributed by atoms with van der Waals surface area (Å²) in [7, 11) is -2.00. The van der Waals surface area contributed by atoms with Crippen LogP contribution in [0.1, 0.15) is 234 Å². The summed E-state index contributed by atoms with van der Waals surface area (Å²) >= 11 is 5.93. The summed E-state index contributed by atoms with van der Waals surface area (Å²) in [5.74, 6) is -5.45. The molecule has 1 amide bonds. The van der Waals surface area contributed by atoms with Crippen molar-refractivity contribution >= 4 is 94.0 Å². The van der Waals surface area contributed by atoms with Crippen LogP contribution in [0.15, 0.2) is 201 Å². The van der Waals surface area contributed by atoms with E-state index in [-0.39, 0.29) is 103 Å². The second kappa shape index (κ2) is 45.5. The predicted octanol–water partition coefficient (Wildman–Crippen LogP) is 23.2. The number of carboxylic acid groups (broad SMARTS) is 1. The van der Waals surface area contributed by atoms with Crippen molar-refractivity contribution < 1.29 is 129 Å². The van der Waals surface area contributed by atoms with Crippen LogP contribution in [0.5, 0.6) is 28.7 Å². The Morgan fingerprint density at radius 2 is 0.844 bits per heavy atom. The van der Waals surface area contributed by atoms with Crippen molar-refractivity contribution in [2.24, 2.45) is 0 Å². The first-order valence-corrected chi connectivity index (χ1v) is 36.2. The number of amides is 1. The maximum absolute atomic E-state index is 14.1. The molecule has 0 aliphatic rings. The lowest BCUT2D eigenvalue weighted by Crippen LogP contribution is -2.24. The summed E-state index contributed by atoms with van der Waals surface area (Å²) in [5.41, 5.74) is -12.6. The van der Waals surface area contributed by atoms with Crippen molar-refractivity contribution in [3.05, 3.63) is 309 Å². The predicted molar refractivity (Wildman–Crippen MR) is 477 cm³/mol. The molecule has 122 heavy (non-hydrogen) atoms. The highest BCUT2D eigenvalue weighted by atomic mass is 79.9. The Balaban J connectivity index is 0.000000486. The molecule has 0 spiro atoms.